The highest BCUT2D eigenvalue weighted by atomic mass is 16.2. The Morgan fingerprint density at radius 2 is 2.11 bits per heavy atom. The van der Waals surface area contributed by atoms with Gasteiger partial charge in [-0.05, 0) is 19.2 Å². The van der Waals surface area contributed by atoms with Gasteiger partial charge in [0.2, 0.25) is 5.91 Å². The van der Waals surface area contributed by atoms with Crippen molar-refractivity contribution in [3.05, 3.63) is 42.2 Å². The summed E-state index contributed by atoms with van der Waals surface area (Å²) in [4.78, 5) is 11.7. The summed E-state index contributed by atoms with van der Waals surface area (Å²) in [6.45, 7) is 0.798. The third-order valence-corrected chi connectivity index (χ3v) is 2.31. The fourth-order valence-electron chi connectivity index (χ4n) is 1.55. The summed E-state index contributed by atoms with van der Waals surface area (Å²) in [5, 5.41) is 13.6. The molecular formula is C12H15N5O. The number of nitrogens with zero attached hydrogens (tertiary/aromatic N) is 3. The predicted molar refractivity (Wildman–Crippen MR) is 67.9 cm³/mol. The highest BCUT2D eigenvalue weighted by molar-refractivity contribution is 5.90. The Kier molecular flexibility index (Phi) is 4.03. The minimum Gasteiger partial charge on any atom is -0.324 e. The molecule has 18 heavy (non-hydrogen) atoms. The van der Waals surface area contributed by atoms with Gasteiger partial charge in [-0.1, -0.05) is 23.4 Å². The largest absolute Gasteiger partial charge is 0.324 e. The number of amides is 1. The second kappa shape index (κ2) is 5.92. The SMILES string of the molecule is CNCc1cn(CC(=O)Nc2ccccc2)nn1. The molecule has 0 bridgehead atoms. The first-order valence-electron chi connectivity index (χ1n) is 5.66. The zero-order chi connectivity index (χ0) is 12.8. The number of aromatic nitrogens is 3. The average Bonchev–Trinajstić information content (AvgIpc) is 2.78. The van der Waals surface area contributed by atoms with E-state index < -0.39 is 0 Å². The van der Waals surface area contributed by atoms with Crippen molar-refractivity contribution < 1.29 is 4.79 Å². The molecule has 1 heterocycles. The van der Waals surface area contributed by atoms with Gasteiger partial charge in [-0.2, -0.15) is 0 Å². The van der Waals surface area contributed by atoms with Gasteiger partial charge in [0.1, 0.15) is 6.54 Å². The molecule has 0 saturated heterocycles. The van der Waals surface area contributed by atoms with E-state index in [4.69, 9.17) is 0 Å². The van der Waals surface area contributed by atoms with Crippen LogP contribution in [0.25, 0.3) is 0 Å². The first-order valence-corrected chi connectivity index (χ1v) is 5.66. The van der Waals surface area contributed by atoms with Gasteiger partial charge in [0.05, 0.1) is 11.9 Å². The van der Waals surface area contributed by atoms with Gasteiger partial charge in [-0.3, -0.25) is 4.79 Å². The van der Waals surface area contributed by atoms with Crippen LogP contribution in [0.4, 0.5) is 5.69 Å². The molecule has 0 aliphatic carbocycles. The summed E-state index contributed by atoms with van der Waals surface area (Å²) in [5.74, 6) is -0.123. The van der Waals surface area contributed by atoms with E-state index in [1.54, 1.807) is 6.20 Å². The molecule has 0 fully saturated rings. The number of anilines is 1. The van der Waals surface area contributed by atoms with Crippen molar-refractivity contribution in [3.63, 3.8) is 0 Å². The molecular weight excluding hydrogens is 230 g/mol. The quantitative estimate of drug-likeness (QED) is 0.810. The van der Waals surface area contributed by atoms with Crippen molar-refractivity contribution in [3.8, 4) is 0 Å². The molecule has 2 N–H and O–H groups in total. The molecule has 0 atom stereocenters. The van der Waals surface area contributed by atoms with Crippen LogP contribution in [0.3, 0.4) is 0 Å². The third-order valence-electron chi connectivity index (χ3n) is 2.31. The standard InChI is InChI=1S/C12H15N5O/c1-13-7-11-8-17(16-15-11)9-12(18)14-10-5-3-2-4-6-10/h2-6,8,13H,7,9H2,1H3,(H,14,18). The normalized spacial score (nSPS) is 10.3. The predicted octanol–water partition coefficient (Wildman–Crippen LogP) is 0.636. The molecule has 6 nitrogen and oxygen atoms in total. The van der Waals surface area contributed by atoms with E-state index >= 15 is 0 Å². The molecule has 0 aliphatic rings. The minimum atomic E-state index is -0.123. The van der Waals surface area contributed by atoms with Crippen LogP contribution in [0.15, 0.2) is 36.5 Å². The van der Waals surface area contributed by atoms with Crippen LogP contribution >= 0.6 is 0 Å². The van der Waals surface area contributed by atoms with E-state index in [9.17, 15) is 4.79 Å². The summed E-state index contributed by atoms with van der Waals surface area (Å²) >= 11 is 0. The molecule has 1 amide bonds. The second-order valence-corrected chi connectivity index (χ2v) is 3.85. The Bertz CT molecular complexity index is 508. The van der Waals surface area contributed by atoms with Gasteiger partial charge < -0.3 is 10.6 Å². The monoisotopic (exact) mass is 245 g/mol. The number of nitrogens with one attached hydrogen (secondary N) is 2. The third kappa shape index (κ3) is 3.39. The molecule has 0 unspecified atom stereocenters. The highest BCUT2D eigenvalue weighted by Crippen LogP contribution is 2.04. The highest BCUT2D eigenvalue weighted by Gasteiger charge is 2.05. The lowest BCUT2D eigenvalue weighted by atomic mass is 10.3. The first kappa shape index (κ1) is 12.3. The van der Waals surface area contributed by atoms with Gasteiger partial charge in [0.25, 0.3) is 0 Å². The number of carbonyl (C=O) groups excluding carboxylic acids is 1. The average molecular weight is 245 g/mol. The van der Waals surface area contributed by atoms with Gasteiger partial charge in [-0.25, -0.2) is 4.68 Å². The lowest BCUT2D eigenvalue weighted by Gasteiger charge is -2.04. The molecule has 94 valence electrons. The van der Waals surface area contributed by atoms with E-state index in [1.807, 2.05) is 37.4 Å². The summed E-state index contributed by atoms with van der Waals surface area (Å²) in [5.41, 5.74) is 1.59. The number of rotatable bonds is 5. The van der Waals surface area contributed by atoms with Crippen LogP contribution < -0.4 is 10.6 Å². The van der Waals surface area contributed by atoms with Crippen molar-refractivity contribution in [2.45, 2.75) is 13.1 Å². The number of hydrogen-bond donors (Lipinski definition) is 2. The van der Waals surface area contributed by atoms with Gasteiger partial charge in [0.15, 0.2) is 0 Å². The number of carbonyl (C=O) groups is 1. The van der Waals surface area contributed by atoms with Gasteiger partial charge >= 0.3 is 0 Å². The molecule has 0 radical (unpaired) electrons. The van der Waals surface area contributed by atoms with E-state index in [1.165, 1.54) is 4.68 Å². The number of para-hydroxylation sites is 1. The van der Waals surface area contributed by atoms with Crippen molar-refractivity contribution in [2.24, 2.45) is 0 Å². The zero-order valence-corrected chi connectivity index (χ0v) is 10.1. The van der Waals surface area contributed by atoms with Gasteiger partial charge in [-0.15, -0.1) is 5.10 Å². The fraction of sp³-hybridized carbons (Fsp3) is 0.250. The maximum Gasteiger partial charge on any atom is 0.246 e. The summed E-state index contributed by atoms with van der Waals surface area (Å²) in [6, 6.07) is 9.32. The Hall–Kier alpha value is -2.21. The van der Waals surface area contributed by atoms with Crippen LogP contribution in [-0.2, 0) is 17.9 Å². The molecule has 1 aromatic carbocycles. The topological polar surface area (TPSA) is 71.8 Å². The lowest BCUT2D eigenvalue weighted by molar-refractivity contribution is -0.116. The molecule has 2 rings (SSSR count). The van der Waals surface area contributed by atoms with Crippen LogP contribution in [-0.4, -0.2) is 27.9 Å². The maximum atomic E-state index is 11.7. The van der Waals surface area contributed by atoms with Crippen LogP contribution in [0.5, 0.6) is 0 Å². The van der Waals surface area contributed by atoms with Crippen molar-refractivity contribution in [2.75, 3.05) is 12.4 Å². The second-order valence-electron chi connectivity index (χ2n) is 3.85. The van der Waals surface area contributed by atoms with E-state index in [-0.39, 0.29) is 12.5 Å². The van der Waals surface area contributed by atoms with Crippen molar-refractivity contribution in [1.29, 1.82) is 0 Å². The molecule has 1 aromatic heterocycles. The summed E-state index contributed by atoms with van der Waals surface area (Å²) in [7, 11) is 1.83. The van der Waals surface area contributed by atoms with E-state index in [2.05, 4.69) is 20.9 Å². The fourth-order valence-corrected chi connectivity index (χ4v) is 1.55. The van der Waals surface area contributed by atoms with Crippen molar-refractivity contribution >= 4 is 11.6 Å². The minimum absolute atomic E-state index is 0.123. The molecule has 0 aliphatic heterocycles. The number of benzene rings is 1. The smallest absolute Gasteiger partial charge is 0.246 e. The van der Waals surface area contributed by atoms with Crippen molar-refractivity contribution in [1.82, 2.24) is 20.3 Å². The van der Waals surface area contributed by atoms with E-state index in [0.29, 0.717) is 6.54 Å². The maximum absolute atomic E-state index is 11.7. The van der Waals surface area contributed by atoms with E-state index in [0.717, 1.165) is 11.4 Å². The number of hydrogen-bond acceptors (Lipinski definition) is 4. The Morgan fingerprint density at radius 3 is 2.83 bits per heavy atom. The molecule has 2 aromatic rings. The van der Waals surface area contributed by atoms with Crippen LogP contribution in [0.1, 0.15) is 5.69 Å². The summed E-state index contributed by atoms with van der Waals surface area (Å²) < 4.78 is 1.52. The first-order chi connectivity index (χ1) is 8.78. The Labute approximate surface area is 105 Å². The lowest BCUT2D eigenvalue weighted by Crippen LogP contribution is -2.19. The Morgan fingerprint density at radius 1 is 1.33 bits per heavy atom. The molecule has 0 spiro atoms. The zero-order valence-electron chi connectivity index (χ0n) is 10.1. The summed E-state index contributed by atoms with van der Waals surface area (Å²) in [6.07, 6.45) is 1.75. The van der Waals surface area contributed by atoms with Crippen LogP contribution in [0, 0.1) is 0 Å². The molecule has 6 heteroatoms. The van der Waals surface area contributed by atoms with Crippen LogP contribution in [0.2, 0.25) is 0 Å². The Balaban J connectivity index is 1.90. The molecule has 0 saturated carbocycles. The van der Waals surface area contributed by atoms with Gasteiger partial charge in [0, 0.05) is 12.2 Å².